The van der Waals surface area contributed by atoms with Gasteiger partial charge in [0.15, 0.2) is 0 Å². The molecule has 19 heavy (non-hydrogen) atoms. The Bertz CT molecular complexity index is 425. The van der Waals surface area contributed by atoms with Gasteiger partial charge in [-0.2, -0.15) is 0 Å². The van der Waals surface area contributed by atoms with Gasteiger partial charge in [-0.1, -0.05) is 6.92 Å². The van der Waals surface area contributed by atoms with Crippen LogP contribution in [0.3, 0.4) is 0 Å². The van der Waals surface area contributed by atoms with E-state index >= 15 is 0 Å². The molecule has 0 spiro atoms. The third-order valence-electron chi connectivity index (χ3n) is 3.94. The van der Waals surface area contributed by atoms with Crippen molar-refractivity contribution in [1.29, 1.82) is 0 Å². The number of ether oxygens (including phenoxy) is 1. The van der Waals surface area contributed by atoms with Gasteiger partial charge >= 0.3 is 0 Å². The van der Waals surface area contributed by atoms with Gasteiger partial charge in [0.25, 0.3) is 0 Å². The van der Waals surface area contributed by atoms with Crippen molar-refractivity contribution in [3.63, 3.8) is 0 Å². The number of benzene rings is 1. The fourth-order valence-corrected chi connectivity index (χ4v) is 2.75. The number of piperidine rings is 1. The Morgan fingerprint density at radius 1 is 1.47 bits per heavy atom. The van der Waals surface area contributed by atoms with E-state index in [1.165, 1.54) is 6.07 Å². The zero-order chi connectivity index (χ0) is 13.8. The standard InChI is InChI=1S/C15H23FN2O/c1-11-6-7-18(10-15(11)19-3)14-5-4-13(16)8-12(14)9-17-2/h4-5,8,11,15,17H,6-7,9-10H2,1-3H3. The maximum Gasteiger partial charge on any atom is 0.123 e. The second-order valence-corrected chi connectivity index (χ2v) is 5.29. The average Bonchev–Trinajstić information content (AvgIpc) is 2.40. The molecule has 4 heteroatoms. The Morgan fingerprint density at radius 2 is 2.26 bits per heavy atom. The Kier molecular flexibility index (Phi) is 4.77. The molecular formula is C15H23FN2O. The Morgan fingerprint density at radius 3 is 2.95 bits per heavy atom. The van der Waals surface area contributed by atoms with E-state index in [1.807, 2.05) is 13.1 Å². The van der Waals surface area contributed by atoms with Crippen LogP contribution in [0.5, 0.6) is 0 Å². The van der Waals surface area contributed by atoms with Crippen LogP contribution in [0.15, 0.2) is 18.2 Å². The van der Waals surface area contributed by atoms with Crippen molar-refractivity contribution in [3.05, 3.63) is 29.6 Å². The molecule has 2 atom stereocenters. The summed E-state index contributed by atoms with van der Waals surface area (Å²) in [5, 5.41) is 3.10. The number of nitrogens with zero attached hydrogens (tertiary/aromatic N) is 1. The van der Waals surface area contributed by atoms with Crippen molar-refractivity contribution in [2.45, 2.75) is 26.0 Å². The molecule has 2 unspecified atom stereocenters. The molecular weight excluding hydrogens is 243 g/mol. The smallest absolute Gasteiger partial charge is 0.123 e. The van der Waals surface area contributed by atoms with Crippen molar-refractivity contribution < 1.29 is 9.13 Å². The van der Waals surface area contributed by atoms with E-state index in [0.717, 1.165) is 30.8 Å². The summed E-state index contributed by atoms with van der Waals surface area (Å²) in [6.07, 6.45) is 1.36. The molecule has 0 amide bonds. The number of hydrogen-bond donors (Lipinski definition) is 1. The second kappa shape index (κ2) is 6.35. The minimum absolute atomic E-state index is 0.178. The molecule has 0 radical (unpaired) electrons. The van der Waals surface area contributed by atoms with Crippen LogP contribution < -0.4 is 10.2 Å². The topological polar surface area (TPSA) is 24.5 Å². The van der Waals surface area contributed by atoms with Gasteiger partial charge in [0.05, 0.1) is 6.10 Å². The van der Waals surface area contributed by atoms with Crippen LogP contribution in [0.2, 0.25) is 0 Å². The van der Waals surface area contributed by atoms with E-state index in [9.17, 15) is 4.39 Å². The van der Waals surface area contributed by atoms with Crippen LogP contribution in [0.1, 0.15) is 18.9 Å². The molecule has 1 aromatic rings. The van der Waals surface area contributed by atoms with E-state index in [0.29, 0.717) is 12.5 Å². The molecule has 3 nitrogen and oxygen atoms in total. The summed E-state index contributed by atoms with van der Waals surface area (Å²) in [5.41, 5.74) is 2.12. The minimum Gasteiger partial charge on any atom is -0.379 e. The van der Waals surface area contributed by atoms with E-state index in [2.05, 4.69) is 17.1 Å². The molecule has 0 saturated carbocycles. The molecule has 1 aromatic carbocycles. The van der Waals surface area contributed by atoms with Crippen molar-refractivity contribution in [3.8, 4) is 0 Å². The molecule has 1 heterocycles. The number of methoxy groups -OCH3 is 1. The summed E-state index contributed by atoms with van der Waals surface area (Å²) in [7, 11) is 3.65. The van der Waals surface area contributed by atoms with E-state index in [1.54, 1.807) is 13.2 Å². The number of rotatable bonds is 4. The van der Waals surface area contributed by atoms with Crippen LogP contribution in [-0.4, -0.2) is 33.4 Å². The van der Waals surface area contributed by atoms with Gasteiger partial charge in [-0.15, -0.1) is 0 Å². The van der Waals surface area contributed by atoms with Gasteiger partial charge in [0, 0.05) is 32.4 Å². The first-order valence-electron chi connectivity index (χ1n) is 6.86. The van der Waals surface area contributed by atoms with Gasteiger partial charge in [-0.3, -0.25) is 0 Å². The molecule has 1 saturated heterocycles. The lowest BCUT2D eigenvalue weighted by Gasteiger charge is -2.38. The summed E-state index contributed by atoms with van der Waals surface area (Å²) in [5.74, 6) is 0.400. The Hall–Kier alpha value is -1.13. The molecule has 0 bridgehead atoms. The molecule has 2 rings (SSSR count). The third-order valence-corrected chi connectivity index (χ3v) is 3.94. The summed E-state index contributed by atoms with van der Waals surface area (Å²) in [4.78, 5) is 2.31. The summed E-state index contributed by atoms with van der Waals surface area (Å²) in [6, 6.07) is 5.03. The van der Waals surface area contributed by atoms with Crippen LogP contribution in [-0.2, 0) is 11.3 Å². The Balaban J connectivity index is 2.21. The largest absolute Gasteiger partial charge is 0.379 e. The normalized spacial score (nSPS) is 23.7. The molecule has 1 N–H and O–H groups in total. The zero-order valence-corrected chi connectivity index (χ0v) is 11.9. The fraction of sp³-hybridized carbons (Fsp3) is 0.600. The predicted molar refractivity (Wildman–Crippen MR) is 76.0 cm³/mol. The predicted octanol–water partition coefficient (Wildman–Crippen LogP) is 2.41. The zero-order valence-electron chi connectivity index (χ0n) is 11.9. The van der Waals surface area contributed by atoms with Crippen molar-refractivity contribution in [2.75, 3.05) is 32.1 Å². The highest BCUT2D eigenvalue weighted by molar-refractivity contribution is 5.54. The lowest BCUT2D eigenvalue weighted by Crippen LogP contribution is -2.44. The number of anilines is 1. The van der Waals surface area contributed by atoms with E-state index < -0.39 is 0 Å². The van der Waals surface area contributed by atoms with Gasteiger partial charge in [-0.25, -0.2) is 4.39 Å². The number of hydrogen-bond acceptors (Lipinski definition) is 3. The SMILES string of the molecule is CNCc1cc(F)ccc1N1CCC(C)C(OC)C1. The van der Waals surface area contributed by atoms with Crippen molar-refractivity contribution in [1.82, 2.24) is 5.32 Å². The summed E-state index contributed by atoms with van der Waals surface area (Å²) >= 11 is 0. The summed E-state index contributed by atoms with van der Waals surface area (Å²) in [6.45, 7) is 4.78. The quantitative estimate of drug-likeness (QED) is 0.905. The lowest BCUT2D eigenvalue weighted by molar-refractivity contribution is 0.0498. The maximum absolute atomic E-state index is 13.4. The van der Waals surface area contributed by atoms with Gasteiger partial charge in [0.1, 0.15) is 5.82 Å². The fourth-order valence-electron chi connectivity index (χ4n) is 2.75. The highest BCUT2D eigenvalue weighted by atomic mass is 19.1. The van der Waals surface area contributed by atoms with E-state index in [4.69, 9.17) is 4.74 Å². The molecule has 0 aromatic heterocycles. The lowest BCUT2D eigenvalue weighted by atomic mass is 9.95. The molecule has 1 aliphatic rings. The van der Waals surface area contributed by atoms with Crippen molar-refractivity contribution >= 4 is 5.69 Å². The molecule has 0 aliphatic carbocycles. The first-order chi connectivity index (χ1) is 9.15. The van der Waals surface area contributed by atoms with Gasteiger partial charge in [0.2, 0.25) is 0 Å². The Labute approximate surface area is 114 Å². The first-order valence-corrected chi connectivity index (χ1v) is 6.86. The third kappa shape index (κ3) is 3.25. The van der Waals surface area contributed by atoms with E-state index in [-0.39, 0.29) is 11.9 Å². The molecule has 1 aliphatic heterocycles. The highest BCUT2D eigenvalue weighted by Gasteiger charge is 2.27. The number of nitrogens with one attached hydrogen (secondary N) is 1. The average molecular weight is 266 g/mol. The summed E-state index contributed by atoms with van der Waals surface area (Å²) < 4.78 is 18.9. The van der Waals surface area contributed by atoms with Crippen LogP contribution in [0.4, 0.5) is 10.1 Å². The highest BCUT2D eigenvalue weighted by Crippen LogP contribution is 2.28. The monoisotopic (exact) mass is 266 g/mol. The van der Waals surface area contributed by atoms with Crippen molar-refractivity contribution in [2.24, 2.45) is 5.92 Å². The molecule has 1 fully saturated rings. The second-order valence-electron chi connectivity index (χ2n) is 5.29. The van der Waals surface area contributed by atoms with Crippen LogP contribution in [0.25, 0.3) is 0 Å². The molecule has 106 valence electrons. The van der Waals surface area contributed by atoms with Gasteiger partial charge in [-0.05, 0) is 43.1 Å². The number of halogens is 1. The van der Waals surface area contributed by atoms with Crippen LogP contribution >= 0.6 is 0 Å². The first kappa shape index (κ1) is 14.3. The maximum atomic E-state index is 13.4. The van der Waals surface area contributed by atoms with Gasteiger partial charge < -0.3 is 15.0 Å². The minimum atomic E-state index is -0.178. The van der Waals surface area contributed by atoms with Crippen LogP contribution in [0, 0.1) is 11.7 Å².